The number of esters is 1. The van der Waals surface area contributed by atoms with Crippen molar-refractivity contribution in [1.82, 2.24) is 10.9 Å². The SMILES string of the molecule is CC(C)(C)OC(=O)C1CCCC2(CCCNN2)C1. The van der Waals surface area contributed by atoms with Crippen LogP contribution in [0.3, 0.4) is 0 Å². The summed E-state index contributed by atoms with van der Waals surface area (Å²) in [7, 11) is 0. The van der Waals surface area contributed by atoms with Gasteiger partial charge in [0.1, 0.15) is 5.60 Å². The first kappa shape index (κ1) is 13.8. The fraction of sp³-hybridized carbons (Fsp3) is 0.929. The van der Waals surface area contributed by atoms with Gasteiger partial charge < -0.3 is 4.74 Å². The highest BCUT2D eigenvalue weighted by Crippen LogP contribution is 2.37. The number of hydrogen-bond donors (Lipinski definition) is 2. The molecule has 0 aromatic heterocycles. The summed E-state index contributed by atoms with van der Waals surface area (Å²) < 4.78 is 5.52. The summed E-state index contributed by atoms with van der Waals surface area (Å²) in [6.07, 6.45) is 6.51. The third-order valence-electron chi connectivity index (χ3n) is 3.90. The van der Waals surface area contributed by atoms with Crippen LogP contribution in [0.2, 0.25) is 0 Å². The lowest BCUT2D eigenvalue weighted by Gasteiger charge is -2.44. The molecule has 0 bridgehead atoms. The molecule has 1 saturated heterocycles. The highest BCUT2D eigenvalue weighted by molar-refractivity contribution is 5.73. The molecule has 1 heterocycles. The van der Waals surface area contributed by atoms with Crippen LogP contribution in [0.25, 0.3) is 0 Å². The average molecular weight is 254 g/mol. The largest absolute Gasteiger partial charge is 0.460 e. The Bertz CT molecular complexity index is 298. The maximum Gasteiger partial charge on any atom is 0.309 e. The van der Waals surface area contributed by atoms with Crippen LogP contribution in [0.1, 0.15) is 59.3 Å². The normalized spacial score (nSPS) is 33.4. The van der Waals surface area contributed by atoms with Crippen molar-refractivity contribution >= 4 is 5.97 Å². The molecule has 0 aromatic carbocycles. The second kappa shape index (κ2) is 5.17. The Labute approximate surface area is 110 Å². The first-order valence-corrected chi connectivity index (χ1v) is 7.13. The number of ether oxygens (including phenoxy) is 1. The van der Waals surface area contributed by atoms with Crippen LogP contribution < -0.4 is 10.9 Å². The van der Waals surface area contributed by atoms with E-state index in [2.05, 4.69) is 10.9 Å². The van der Waals surface area contributed by atoms with E-state index in [0.717, 1.165) is 25.8 Å². The highest BCUT2D eigenvalue weighted by atomic mass is 16.6. The summed E-state index contributed by atoms with van der Waals surface area (Å²) in [4.78, 5) is 12.2. The molecule has 2 aliphatic rings. The zero-order valence-corrected chi connectivity index (χ0v) is 11.8. The number of carbonyl (C=O) groups excluding carboxylic acids is 1. The minimum atomic E-state index is -0.375. The van der Waals surface area contributed by atoms with Gasteiger partial charge in [-0.05, 0) is 52.9 Å². The van der Waals surface area contributed by atoms with E-state index in [9.17, 15) is 4.79 Å². The second-order valence-electron chi connectivity index (χ2n) is 6.76. The van der Waals surface area contributed by atoms with Gasteiger partial charge in [-0.1, -0.05) is 6.42 Å². The summed E-state index contributed by atoms with van der Waals surface area (Å²) in [6, 6.07) is 0. The van der Waals surface area contributed by atoms with Crippen LogP contribution in [0.5, 0.6) is 0 Å². The van der Waals surface area contributed by atoms with E-state index in [1.807, 2.05) is 20.8 Å². The van der Waals surface area contributed by atoms with Crippen LogP contribution in [-0.4, -0.2) is 23.7 Å². The summed E-state index contributed by atoms with van der Waals surface area (Å²) >= 11 is 0. The minimum absolute atomic E-state index is 0.0195. The van der Waals surface area contributed by atoms with E-state index in [1.54, 1.807) is 0 Å². The van der Waals surface area contributed by atoms with Crippen molar-refractivity contribution in [3.05, 3.63) is 0 Å². The predicted octanol–water partition coefficient (Wildman–Crippen LogP) is 2.15. The minimum Gasteiger partial charge on any atom is -0.460 e. The van der Waals surface area contributed by atoms with Gasteiger partial charge in [-0.2, -0.15) is 0 Å². The predicted molar refractivity (Wildman–Crippen MR) is 70.9 cm³/mol. The van der Waals surface area contributed by atoms with Gasteiger partial charge in [0.25, 0.3) is 0 Å². The fourth-order valence-electron chi connectivity index (χ4n) is 3.12. The Morgan fingerprint density at radius 3 is 2.61 bits per heavy atom. The molecule has 1 saturated carbocycles. The van der Waals surface area contributed by atoms with Crippen molar-refractivity contribution in [3.8, 4) is 0 Å². The topological polar surface area (TPSA) is 50.4 Å². The maximum absolute atomic E-state index is 12.2. The molecule has 2 atom stereocenters. The number of hydrazine groups is 1. The number of carbonyl (C=O) groups is 1. The smallest absolute Gasteiger partial charge is 0.309 e. The quantitative estimate of drug-likeness (QED) is 0.704. The molecule has 1 spiro atoms. The average Bonchev–Trinajstić information content (AvgIpc) is 2.28. The van der Waals surface area contributed by atoms with Crippen LogP contribution in [-0.2, 0) is 9.53 Å². The van der Waals surface area contributed by atoms with Gasteiger partial charge >= 0.3 is 5.97 Å². The summed E-state index contributed by atoms with van der Waals surface area (Å²) in [5.41, 5.74) is 6.42. The van der Waals surface area contributed by atoms with E-state index >= 15 is 0 Å². The van der Waals surface area contributed by atoms with Crippen LogP contribution in [0.4, 0.5) is 0 Å². The summed E-state index contributed by atoms with van der Waals surface area (Å²) in [5, 5.41) is 0. The Morgan fingerprint density at radius 1 is 1.28 bits per heavy atom. The van der Waals surface area contributed by atoms with Gasteiger partial charge in [-0.25, -0.2) is 0 Å². The molecule has 18 heavy (non-hydrogen) atoms. The van der Waals surface area contributed by atoms with Crippen molar-refractivity contribution in [2.24, 2.45) is 5.92 Å². The number of rotatable bonds is 1. The van der Waals surface area contributed by atoms with Crippen LogP contribution in [0.15, 0.2) is 0 Å². The summed E-state index contributed by atoms with van der Waals surface area (Å²) in [5.74, 6) is 0.0410. The third kappa shape index (κ3) is 3.45. The molecule has 2 rings (SSSR count). The Morgan fingerprint density at radius 2 is 2.00 bits per heavy atom. The third-order valence-corrected chi connectivity index (χ3v) is 3.90. The molecule has 2 unspecified atom stereocenters. The standard InChI is InChI=1S/C14H26N2O2/c1-13(2,3)18-12(17)11-6-4-7-14(10-11)8-5-9-15-16-14/h11,15-16H,4-10H2,1-3H3. The molecule has 1 aliphatic carbocycles. The first-order valence-electron chi connectivity index (χ1n) is 7.13. The molecule has 4 heteroatoms. The molecule has 0 aromatic rings. The van der Waals surface area contributed by atoms with Crippen molar-refractivity contribution < 1.29 is 9.53 Å². The molecule has 104 valence electrons. The molecule has 2 N–H and O–H groups in total. The van der Waals surface area contributed by atoms with Gasteiger partial charge in [0.15, 0.2) is 0 Å². The van der Waals surface area contributed by atoms with E-state index in [4.69, 9.17) is 4.74 Å². The molecular formula is C14H26N2O2. The lowest BCUT2D eigenvalue weighted by Crippen LogP contribution is -2.59. The second-order valence-corrected chi connectivity index (χ2v) is 6.76. The lowest BCUT2D eigenvalue weighted by molar-refractivity contribution is -0.162. The highest BCUT2D eigenvalue weighted by Gasteiger charge is 2.40. The molecule has 4 nitrogen and oxygen atoms in total. The van der Waals surface area contributed by atoms with Crippen molar-refractivity contribution in [1.29, 1.82) is 0 Å². The zero-order chi connectivity index (χ0) is 13.2. The van der Waals surface area contributed by atoms with Crippen molar-refractivity contribution in [2.75, 3.05) is 6.54 Å². The van der Waals surface area contributed by atoms with Crippen LogP contribution >= 0.6 is 0 Å². The number of hydrogen-bond acceptors (Lipinski definition) is 4. The van der Waals surface area contributed by atoms with E-state index in [0.29, 0.717) is 0 Å². The molecule has 2 fully saturated rings. The first-order chi connectivity index (χ1) is 8.40. The Hall–Kier alpha value is -0.610. The molecule has 0 radical (unpaired) electrons. The Kier molecular flexibility index (Phi) is 3.97. The van der Waals surface area contributed by atoms with Gasteiger partial charge in [-0.3, -0.25) is 15.6 Å². The van der Waals surface area contributed by atoms with Gasteiger partial charge in [-0.15, -0.1) is 0 Å². The maximum atomic E-state index is 12.2. The van der Waals surface area contributed by atoms with Gasteiger partial charge in [0, 0.05) is 12.1 Å². The van der Waals surface area contributed by atoms with Gasteiger partial charge in [0.2, 0.25) is 0 Å². The van der Waals surface area contributed by atoms with E-state index < -0.39 is 0 Å². The van der Waals surface area contributed by atoms with E-state index in [1.165, 1.54) is 19.3 Å². The lowest BCUT2D eigenvalue weighted by atomic mass is 9.73. The molecule has 1 aliphatic heterocycles. The number of nitrogens with one attached hydrogen (secondary N) is 2. The molecule has 0 amide bonds. The fourth-order valence-corrected chi connectivity index (χ4v) is 3.12. The van der Waals surface area contributed by atoms with Gasteiger partial charge in [0.05, 0.1) is 5.92 Å². The zero-order valence-electron chi connectivity index (χ0n) is 11.8. The van der Waals surface area contributed by atoms with Crippen LogP contribution in [0, 0.1) is 5.92 Å². The summed E-state index contributed by atoms with van der Waals surface area (Å²) in [6.45, 7) is 6.83. The van der Waals surface area contributed by atoms with Crippen molar-refractivity contribution in [3.63, 3.8) is 0 Å². The Balaban J connectivity index is 1.95. The van der Waals surface area contributed by atoms with E-state index in [-0.39, 0.29) is 23.0 Å². The van der Waals surface area contributed by atoms with Crippen molar-refractivity contribution in [2.45, 2.75) is 70.4 Å². The molecular weight excluding hydrogens is 228 g/mol. The monoisotopic (exact) mass is 254 g/mol.